The van der Waals surface area contributed by atoms with Crippen LogP contribution in [0, 0.1) is 0 Å². The van der Waals surface area contributed by atoms with Crippen molar-refractivity contribution in [1.82, 2.24) is 15.1 Å². The molecule has 1 saturated carbocycles. The fourth-order valence-electron chi connectivity index (χ4n) is 1.59. The van der Waals surface area contributed by atoms with Crippen molar-refractivity contribution >= 4 is 17.7 Å². The van der Waals surface area contributed by atoms with Crippen LogP contribution in [0.15, 0.2) is 27.7 Å². The molecule has 0 aromatic carbocycles. The second-order valence-corrected chi connectivity index (χ2v) is 5.34. The number of nitrogens with zero attached hydrogens (tertiary/aromatic N) is 3. The fourth-order valence-corrected chi connectivity index (χ4v) is 2.35. The molecule has 1 aliphatic carbocycles. The molecule has 2 heterocycles. The highest BCUT2D eigenvalue weighted by molar-refractivity contribution is 7.98. The van der Waals surface area contributed by atoms with Gasteiger partial charge in [-0.1, -0.05) is 5.16 Å². The first kappa shape index (κ1) is 12.2. The third-order valence-electron chi connectivity index (χ3n) is 2.73. The van der Waals surface area contributed by atoms with Gasteiger partial charge in [-0.05, 0) is 25.0 Å². The Balaban J connectivity index is 1.64. The number of carbonyl (C=O) groups is 1. The van der Waals surface area contributed by atoms with Crippen LogP contribution < -0.4 is 0 Å². The maximum atomic E-state index is 10.8. The van der Waals surface area contributed by atoms with Gasteiger partial charge in [-0.25, -0.2) is 9.78 Å². The summed E-state index contributed by atoms with van der Waals surface area (Å²) in [5.74, 6) is 1.33. The zero-order valence-corrected chi connectivity index (χ0v) is 10.8. The zero-order valence-electron chi connectivity index (χ0n) is 9.94. The number of carboxylic acids is 1. The van der Waals surface area contributed by atoms with Crippen molar-refractivity contribution in [2.45, 2.75) is 29.4 Å². The van der Waals surface area contributed by atoms with Gasteiger partial charge in [0.05, 0.1) is 5.75 Å². The molecular weight excluding hydrogens is 266 g/mol. The molecule has 0 unspecified atom stereocenters. The largest absolute Gasteiger partial charge is 0.477 e. The summed E-state index contributed by atoms with van der Waals surface area (Å²) in [6, 6.07) is 3.30. The molecule has 0 bridgehead atoms. The molecule has 1 N–H and O–H groups in total. The average molecular weight is 277 g/mol. The molecule has 98 valence electrons. The van der Waals surface area contributed by atoms with Crippen LogP contribution in [0.25, 0.3) is 0 Å². The van der Waals surface area contributed by atoms with Crippen LogP contribution in [-0.4, -0.2) is 26.2 Å². The normalized spacial score (nSPS) is 14.5. The van der Waals surface area contributed by atoms with Crippen molar-refractivity contribution < 1.29 is 14.4 Å². The number of pyridine rings is 1. The Bertz CT molecular complexity index is 610. The smallest absolute Gasteiger partial charge is 0.354 e. The molecule has 0 saturated heterocycles. The van der Waals surface area contributed by atoms with E-state index in [9.17, 15) is 4.79 Å². The summed E-state index contributed by atoms with van der Waals surface area (Å²) >= 11 is 1.46. The van der Waals surface area contributed by atoms with E-state index in [1.165, 1.54) is 24.0 Å². The monoisotopic (exact) mass is 277 g/mol. The summed E-state index contributed by atoms with van der Waals surface area (Å²) in [7, 11) is 0. The van der Waals surface area contributed by atoms with Crippen molar-refractivity contribution in [2.75, 3.05) is 0 Å². The molecule has 1 fully saturated rings. The highest BCUT2D eigenvalue weighted by atomic mass is 32.2. The van der Waals surface area contributed by atoms with E-state index in [1.54, 1.807) is 6.07 Å². The molecular formula is C12H11N3O3S. The molecule has 2 aromatic heterocycles. The number of aromatic carboxylic acids is 1. The Kier molecular flexibility index (Phi) is 3.20. The van der Waals surface area contributed by atoms with E-state index in [1.807, 2.05) is 0 Å². The molecule has 19 heavy (non-hydrogen) atoms. The Morgan fingerprint density at radius 2 is 2.37 bits per heavy atom. The minimum Gasteiger partial charge on any atom is -0.477 e. The molecule has 1 aliphatic rings. The Morgan fingerprint density at radius 1 is 1.53 bits per heavy atom. The summed E-state index contributed by atoms with van der Waals surface area (Å²) in [5, 5.41) is 12.8. The molecule has 0 atom stereocenters. The lowest BCUT2D eigenvalue weighted by Gasteiger charge is -1.99. The quantitative estimate of drug-likeness (QED) is 0.839. The minimum atomic E-state index is -1.03. The van der Waals surface area contributed by atoms with Crippen LogP contribution >= 0.6 is 11.8 Å². The van der Waals surface area contributed by atoms with E-state index in [-0.39, 0.29) is 5.69 Å². The molecule has 0 radical (unpaired) electrons. The molecule has 0 aliphatic heterocycles. The summed E-state index contributed by atoms with van der Waals surface area (Å²) in [5.41, 5.74) is 0.0387. The van der Waals surface area contributed by atoms with Gasteiger partial charge in [0.2, 0.25) is 5.89 Å². The van der Waals surface area contributed by atoms with Crippen LogP contribution in [-0.2, 0) is 5.75 Å². The van der Waals surface area contributed by atoms with E-state index >= 15 is 0 Å². The van der Waals surface area contributed by atoms with Crippen LogP contribution in [0.2, 0.25) is 0 Å². The van der Waals surface area contributed by atoms with E-state index in [0.717, 1.165) is 23.6 Å². The lowest BCUT2D eigenvalue weighted by atomic mass is 10.3. The minimum absolute atomic E-state index is 0.0387. The van der Waals surface area contributed by atoms with Crippen molar-refractivity contribution in [1.29, 1.82) is 0 Å². The third kappa shape index (κ3) is 2.93. The SMILES string of the molecule is O=C(O)c1cc(SCc2noc(C3CC3)n2)ccn1. The average Bonchev–Trinajstić information content (AvgIpc) is 3.16. The van der Waals surface area contributed by atoms with Gasteiger partial charge in [-0.2, -0.15) is 4.98 Å². The van der Waals surface area contributed by atoms with Gasteiger partial charge in [0.1, 0.15) is 5.69 Å². The van der Waals surface area contributed by atoms with Crippen molar-refractivity contribution in [3.63, 3.8) is 0 Å². The molecule has 0 spiro atoms. The van der Waals surface area contributed by atoms with Gasteiger partial charge < -0.3 is 9.63 Å². The molecule has 0 amide bonds. The topological polar surface area (TPSA) is 89.1 Å². The molecule has 7 heteroatoms. The number of thioether (sulfide) groups is 1. The van der Waals surface area contributed by atoms with Gasteiger partial charge >= 0.3 is 5.97 Å². The van der Waals surface area contributed by atoms with E-state index in [2.05, 4.69) is 15.1 Å². The lowest BCUT2D eigenvalue weighted by molar-refractivity contribution is 0.0690. The van der Waals surface area contributed by atoms with Gasteiger partial charge in [0.25, 0.3) is 0 Å². The van der Waals surface area contributed by atoms with Crippen LogP contribution in [0.1, 0.15) is 41.0 Å². The summed E-state index contributed by atoms with van der Waals surface area (Å²) < 4.78 is 5.16. The number of carboxylic acid groups (broad SMARTS) is 1. The first-order valence-corrected chi connectivity index (χ1v) is 6.85. The van der Waals surface area contributed by atoms with Crippen molar-refractivity contribution in [3.8, 4) is 0 Å². The third-order valence-corrected chi connectivity index (χ3v) is 3.72. The fraction of sp³-hybridized carbons (Fsp3) is 0.333. The number of aromatic nitrogens is 3. The maximum absolute atomic E-state index is 10.8. The number of hydrogen-bond acceptors (Lipinski definition) is 6. The first-order valence-electron chi connectivity index (χ1n) is 5.87. The first-order chi connectivity index (χ1) is 9.22. The van der Waals surface area contributed by atoms with Gasteiger partial charge in [-0.3, -0.25) is 0 Å². The second kappa shape index (κ2) is 5.00. The van der Waals surface area contributed by atoms with Crippen molar-refractivity contribution in [2.24, 2.45) is 0 Å². The summed E-state index contributed by atoms with van der Waals surface area (Å²) in [6.07, 6.45) is 3.74. The van der Waals surface area contributed by atoms with Crippen molar-refractivity contribution in [3.05, 3.63) is 35.7 Å². The number of rotatable bonds is 5. The van der Waals surface area contributed by atoms with Crippen LogP contribution in [0.3, 0.4) is 0 Å². The molecule has 3 rings (SSSR count). The summed E-state index contributed by atoms with van der Waals surface area (Å²) in [4.78, 5) is 19.7. The van der Waals surface area contributed by atoms with E-state index in [0.29, 0.717) is 17.5 Å². The lowest BCUT2D eigenvalue weighted by Crippen LogP contribution is -1.99. The van der Waals surface area contributed by atoms with Gasteiger partial charge in [0, 0.05) is 17.0 Å². The predicted octanol–water partition coefficient (Wildman–Crippen LogP) is 2.33. The summed E-state index contributed by atoms with van der Waals surface area (Å²) in [6.45, 7) is 0. The zero-order chi connectivity index (χ0) is 13.2. The highest BCUT2D eigenvalue weighted by Crippen LogP contribution is 2.39. The van der Waals surface area contributed by atoms with E-state index < -0.39 is 5.97 Å². The standard InChI is InChI=1S/C12H11N3O3S/c16-12(17)9-5-8(3-4-13-9)19-6-10-14-11(18-15-10)7-1-2-7/h3-5,7H,1-2,6H2,(H,16,17). The Hall–Kier alpha value is -1.89. The maximum Gasteiger partial charge on any atom is 0.354 e. The van der Waals surface area contributed by atoms with E-state index in [4.69, 9.17) is 9.63 Å². The number of hydrogen-bond donors (Lipinski definition) is 1. The van der Waals surface area contributed by atoms with Gasteiger partial charge in [-0.15, -0.1) is 11.8 Å². The molecule has 2 aromatic rings. The van der Waals surface area contributed by atoms with Crippen LogP contribution in [0.4, 0.5) is 0 Å². The van der Waals surface area contributed by atoms with Gasteiger partial charge in [0.15, 0.2) is 5.82 Å². The Labute approximate surface area is 113 Å². The highest BCUT2D eigenvalue weighted by Gasteiger charge is 2.29. The molecule has 6 nitrogen and oxygen atoms in total. The second-order valence-electron chi connectivity index (χ2n) is 4.29. The Morgan fingerprint density at radius 3 is 3.11 bits per heavy atom. The van der Waals surface area contributed by atoms with Crippen LogP contribution in [0.5, 0.6) is 0 Å². The predicted molar refractivity (Wildman–Crippen MR) is 67.0 cm³/mol.